The lowest BCUT2D eigenvalue weighted by molar-refractivity contribution is -0.118. The third-order valence-corrected chi connectivity index (χ3v) is 4.59. The minimum atomic E-state index is -0.705. The molecular formula is C18H19N3O5S. The molecule has 0 aliphatic heterocycles. The van der Waals surface area contributed by atoms with Crippen LogP contribution < -0.4 is 16.4 Å². The van der Waals surface area contributed by atoms with Crippen molar-refractivity contribution in [3.8, 4) is 0 Å². The van der Waals surface area contributed by atoms with Gasteiger partial charge in [-0.25, -0.2) is 9.59 Å². The largest absolute Gasteiger partial charge is 0.454 e. The van der Waals surface area contributed by atoms with Crippen molar-refractivity contribution in [2.24, 2.45) is 5.73 Å². The van der Waals surface area contributed by atoms with Crippen molar-refractivity contribution in [1.29, 1.82) is 0 Å². The third kappa shape index (κ3) is 6.55. The average molecular weight is 389 g/mol. The van der Waals surface area contributed by atoms with Gasteiger partial charge in [-0.05, 0) is 42.8 Å². The van der Waals surface area contributed by atoms with Crippen LogP contribution in [0, 0.1) is 0 Å². The smallest absolute Gasteiger partial charge is 0.338 e. The topological polar surface area (TPSA) is 128 Å². The predicted molar refractivity (Wildman–Crippen MR) is 101 cm³/mol. The van der Waals surface area contributed by atoms with Crippen molar-refractivity contribution < 1.29 is 23.9 Å². The van der Waals surface area contributed by atoms with Crippen LogP contribution >= 0.6 is 11.3 Å². The van der Waals surface area contributed by atoms with Crippen LogP contribution in [0.2, 0.25) is 0 Å². The Labute approximate surface area is 159 Å². The number of anilines is 1. The van der Waals surface area contributed by atoms with Crippen LogP contribution in [0.5, 0.6) is 0 Å². The molecule has 0 radical (unpaired) electrons. The fourth-order valence-electron chi connectivity index (χ4n) is 2.14. The van der Waals surface area contributed by atoms with Crippen molar-refractivity contribution in [3.05, 3.63) is 51.7 Å². The molecule has 1 aromatic heterocycles. The highest BCUT2D eigenvalue weighted by Gasteiger charge is 2.14. The SMILES string of the molecule is CC(=O)NCCc1ccc(C(=O)COC(=O)c2ccc(NC(N)=O)cc2)s1. The lowest BCUT2D eigenvalue weighted by Gasteiger charge is -2.05. The van der Waals surface area contributed by atoms with E-state index < -0.39 is 12.0 Å². The van der Waals surface area contributed by atoms with Gasteiger partial charge < -0.3 is 21.1 Å². The number of amides is 3. The summed E-state index contributed by atoms with van der Waals surface area (Å²) in [5.41, 5.74) is 5.70. The summed E-state index contributed by atoms with van der Waals surface area (Å²) >= 11 is 1.30. The number of esters is 1. The van der Waals surface area contributed by atoms with E-state index in [1.165, 1.54) is 42.5 Å². The minimum Gasteiger partial charge on any atom is -0.454 e. The molecule has 0 spiro atoms. The standard InChI is InChI=1S/C18H19N3O5S/c1-11(22)20-9-8-14-6-7-16(27-14)15(23)10-26-17(24)12-2-4-13(5-3-12)21-18(19)25/h2-7H,8-10H2,1H3,(H,20,22)(H3,19,21,25). The Balaban J connectivity index is 1.84. The molecule has 8 nitrogen and oxygen atoms in total. The minimum absolute atomic E-state index is 0.104. The highest BCUT2D eigenvalue weighted by molar-refractivity contribution is 7.14. The number of rotatable bonds is 8. The summed E-state index contributed by atoms with van der Waals surface area (Å²) in [4.78, 5) is 47.2. The fourth-order valence-corrected chi connectivity index (χ4v) is 3.07. The van der Waals surface area contributed by atoms with Gasteiger partial charge in [-0.15, -0.1) is 11.3 Å². The van der Waals surface area contributed by atoms with Crippen molar-refractivity contribution in [3.63, 3.8) is 0 Å². The van der Waals surface area contributed by atoms with E-state index in [9.17, 15) is 19.2 Å². The zero-order valence-corrected chi connectivity index (χ0v) is 15.4. The number of nitrogens with two attached hydrogens (primary N) is 1. The molecule has 1 heterocycles. The van der Waals surface area contributed by atoms with Crippen molar-refractivity contribution in [2.75, 3.05) is 18.5 Å². The van der Waals surface area contributed by atoms with E-state index in [0.29, 0.717) is 23.5 Å². The molecule has 3 amide bonds. The van der Waals surface area contributed by atoms with Gasteiger partial charge in [0.25, 0.3) is 0 Å². The number of Topliss-reactive ketones (excluding diaryl/α,β-unsaturated/α-hetero) is 1. The monoisotopic (exact) mass is 389 g/mol. The Morgan fingerprint density at radius 3 is 2.41 bits per heavy atom. The summed E-state index contributed by atoms with van der Waals surface area (Å²) in [7, 11) is 0. The molecule has 9 heteroatoms. The van der Waals surface area contributed by atoms with E-state index in [4.69, 9.17) is 10.5 Å². The quantitative estimate of drug-likeness (QED) is 0.470. The number of benzene rings is 1. The summed E-state index contributed by atoms with van der Waals surface area (Å²) in [6, 6.07) is 8.71. The summed E-state index contributed by atoms with van der Waals surface area (Å²) < 4.78 is 5.04. The van der Waals surface area contributed by atoms with Gasteiger partial charge in [-0.1, -0.05) is 0 Å². The number of carbonyl (C=O) groups excluding carboxylic acids is 4. The second kappa shape index (κ2) is 9.48. The molecule has 0 fully saturated rings. The van der Waals surface area contributed by atoms with E-state index in [1.807, 2.05) is 6.07 Å². The second-order valence-corrected chi connectivity index (χ2v) is 6.73. The molecule has 0 atom stereocenters. The van der Waals surface area contributed by atoms with Gasteiger partial charge >= 0.3 is 12.0 Å². The zero-order chi connectivity index (χ0) is 19.8. The van der Waals surface area contributed by atoms with Crippen molar-refractivity contribution in [1.82, 2.24) is 5.32 Å². The second-order valence-electron chi connectivity index (χ2n) is 5.56. The molecular weight excluding hydrogens is 370 g/mol. The lowest BCUT2D eigenvalue weighted by atomic mass is 10.2. The molecule has 2 aromatic rings. The first kappa shape index (κ1) is 20.1. The predicted octanol–water partition coefficient (Wildman–Crippen LogP) is 1.96. The maximum Gasteiger partial charge on any atom is 0.338 e. The molecule has 0 unspecified atom stereocenters. The van der Waals surface area contributed by atoms with Gasteiger partial charge in [0, 0.05) is 24.0 Å². The van der Waals surface area contributed by atoms with Gasteiger partial charge in [0.1, 0.15) is 0 Å². The first-order valence-electron chi connectivity index (χ1n) is 8.05. The summed E-state index contributed by atoms with van der Waals surface area (Å²) in [5, 5.41) is 5.06. The van der Waals surface area contributed by atoms with Crippen LogP contribution in [-0.2, 0) is 16.0 Å². The number of hydrogen-bond donors (Lipinski definition) is 3. The Kier molecular flexibility index (Phi) is 7.07. The van der Waals surface area contributed by atoms with Gasteiger partial charge in [0.05, 0.1) is 10.4 Å². The molecule has 0 bridgehead atoms. The molecule has 0 saturated carbocycles. The normalized spacial score (nSPS) is 10.1. The molecule has 142 valence electrons. The van der Waals surface area contributed by atoms with E-state index in [1.54, 1.807) is 6.07 Å². The molecule has 1 aromatic carbocycles. The number of carbonyl (C=O) groups is 4. The Morgan fingerprint density at radius 2 is 1.78 bits per heavy atom. The molecule has 0 saturated heterocycles. The van der Waals surface area contributed by atoms with Crippen molar-refractivity contribution in [2.45, 2.75) is 13.3 Å². The first-order chi connectivity index (χ1) is 12.8. The first-order valence-corrected chi connectivity index (χ1v) is 8.87. The number of ether oxygens (including phenoxy) is 1. The van der Waals surface area contributed by atoms with E-state index in [-0.39, 0.29) is 23.9 Å². The van der Waals surface area contributed by atoms with Gasteiger partial charge in [0.2, 0.25) is 11.7 Å². The Morgan fingerprint density at radius 1 is 1.07 bits per heavy atom. The van der Waals surface area contributed by atoms with E-state index >= 15 is 0 Å². The maximum absolute atomic E-state index is 12.2. The van der Waals surface area contributed by atoms with Crippen LogP contribution in [0.1, 0.15) is 31.8 Å². The molecule has 2 rings (SSSR count). The maximum atomic E-state index is 12.2. The lowest BCUT2D eigenvalue weighted by Crippen LogP contribution is -2.22. The number of nitrogens with one attached hydrogen (secondary N) is 2. The average Bonchev–Trinajstić information content (AvgIpc) is 3.08. The number of thiophene rings is 1. The van der Waals surface area contributed by atoms with Crippen LogP contribution in [0.25, 0.3) is 0 Å². The highest BCUT2D eigenvalue weighted by atomic mass is 32.1. The molecule has 27 heavy (non-hydrogen) atoms. The van der Waals surface area contributed by atoms with Crippen LogP contribution in [-0.4, -0.2) is 36.8 Å². The number of hydrogen-bond acceptors (Lipinski definition) is 6. The summed E-state index contributed by atoms with van der Waals surface area (Å²) in [5.74, 6) is -1.05. The highest BCUT2D eigenvalue weighted by Crippen LogP contribution is 2.18. The van der Waals surface area contributed by atoms with E-state index in [0.717, 1.165) is 4.88 Å². The van der Waals surface area contributed by atoms with Gasteiger partial charge in [0.15, 0.2) is 6.61 Å². The van der Waals surface area contributed by atoms with Crippen LogP contribution in [0.3, 0.4) is 0 Å². The van der Waals surface area contributed by atoms with Gasteiger partial charge in [-0.2, -0.15) is 0 Å². The Hall–Kier alpha value is -3.20. The molecule has 0 aliphatic carbocycles. The number of primary amides is 1. The summed E-state index contributed by atoms with van der Waals surface area (Å²) in [6.07, 6.45) is 0.628. The van der Waals surface area contributed by atoms with Crippen LogP contribution in [0.15, 0.2) is 36.4 Å². The van der Waals surface area contributed by atoms with Gasteiger partial charge in [-0.3, -0.25) is 9.59 Å². The molecule has 0 aliphatic rings. The summed E-state index contributed by atoms with van der Waals surface area (Å²) in [6.45, 7) is 1.57. The third-order valence-electron chi connectivity index (χ3n) is 3.40. The number of ketones is 1. The van der Waals surface area contributed by atoms with E-state index in [2.05, 4.69) is 10.6 Å². The fraction of sp³-hybridized carbons (Fsp3) is 0.222. The Bertz CT molecular complexity index is 845. The molecule has 4 N–H and O–H groups in total. The number of urea groups is 1. The van der Waals surface area contributed by atoms with Crippen LogP contribution in [0.4, 0.5) is 10.5 Å². The van der Waals surface area contributed by atoms with Crippen molar-refractivity contribution >= 4 is 40.7 Å². The zero-order valence-electron chi connectivity index (χ0n) is 14.6.